The molecule has 25 heavy (non-hydrogen) atoms. The average Bonchev–Trinajstić information content (AvgIpc) is 2.68. The van der Waals surface area contributed by atoms with Gasteiger partial charge in [0.2, 0.25) is 5.88 Å². The van der Waals surface area contributed by atoms with E-state index in [0.29, 0.717) is 0 Å². The van der Waals surface area contributed by atoms with E-state index in [1.54, 1.807) is 20.4 Å². The first-order valence-corrected chi connectivity index (χ1v) is 9.12. The average molecular weight is 340 g/mol. The van der Waals surface area contributed by atoms with Gasteiger partial charge in [0.05, 0.1) is 14.2 Å². The Morgan fingerprint density at radius 2 is 1.76 bits per heavy atom. The Labute approximate surface area is 150 Å². The number of aryl methyl sites for hydroxylation is 1. The fourth-order valence-corrected chi connectivity index (χ4v) is 3.67. The Hall–Kier alpha value is -2.07. The standard InChI is InChI=1S/C21H28N2O2/c1-24-20-8-4-3-6-18(20)10-9-17-11-14-23(15-12-17)16-19-7-5-13-22-21(19)25-2/h3-8,13,17H,9-12,14-16H2,1-2H3. The second-order valence-corrected chi connectivity index (χ2v) is 6.74. The Bertz CT molecular complexity index is 666. The largest absolute Gasteiger partial charge is 0.496 e. The predicted octanol–water partition coefficient (Wildman–Crippen LogP) is 3.94. The van der Waals surface area contributed by atoms with Gasteiger partial charge >= 0.3 is 0 Å². The summed E-state index contributed by atoms with van der Waals surface area (Å²) >= 11 is 0. The summed E-state index contributed by atoms with van der Waals surface area (Å²) in [5.41, 5.74) is 2.50. The summed E-state index contributed by atoms with van der Waals surface area (Å²) in [6.45, 7) is 3.22. The van der Waals surface area contributed by atoms with Crippen molar-refractivity contribution in [2.75, 3.05) is 27.3 Å². The number of aromatic nitrogens is 1. The smallest absolute Gasteiger partial charge is 0.217 e. The molecule has 1 fully saturated rings. The topological polar surface area (TPSA) is 34.6 Å². The van der Waals surface area contributed by atoms with Crippen molar-refractivity contribution < 1.29 is 9.47 Å². The molecule has 0 aliphatic carbocycles. The summed E-state index contributed by atoms with van der Waals surface area (Å²) in [5, 5.41) is 0. The molecule has 1 aliphatic heterocycles. The zero-order valence-electron chi connectivity index (χ0n) is 15.3. The Kier molecular flexibility index (Phi) is 6.29. The van der Waals surface area contributed by atoms with Crippen molar-refractivity contribution in [3.8, 4) is 11.6 Å². The van der Waals surface area contributed by atoms with Gasteiger partial charge in [-0.25, -0.2) is 4.98 Å². The third-order valence-electron chi connectivity index (χ3n) is 5.16. The van der Waals surface area contributed by atoms with Gasteiger partial charge in [-0.05, 0) is 62.4 Å². The van der Waals surface area contributed by atoms with Crippen LogP contribution in [0.3, 0.4) is 0 Å². The fourth-order valence-electron chi connectivity index (χ4n) is 3.67. The SMILES string of the molecule is COc1ccccc1CCC1CCN(Cc2cccnc2OC)CC1. The van der Waals surface area contributed by atoms with Crippen molar-refractivity contribution in [2.24, 2.45) is 5.92 Å². The van der Waals surface area contributed by atoms with Crippen LogP contribution in [0.4, 0.5) is 0 Å². The van der Waals surface area contributed by atoms with Crippen molar-refractivity contribution >= 4 is 0 Å². The highest BCUT2D eigenvalue weighted by molar-refractivity contribution is 5.33. The van der Waals surface area contributed by atoms with Gasteiger partial charge in [0.25, 0.3) is 0 Å². The minimum atomic E-state index is 0.751. The maximum Gasteiger partial charge on any atom is 0.217 e. The van der Waals surface area contributed by atoms with E-state index < -0.39 is 0 Å². The van der Waals surface area contributed by atoms with Crippen LogP contribution < -0.4 is 9.47 Å². The van der Waals surface area contributed by atoms with Crippen LogP contribution in [0.15, 0.2) is 42.6 Å². The molecule has 1 saturated heterocycles. The highest BCUT2D eigenvalue weighted by Crippen LogP contribution is 2.27. The number of nitrogens with zero attached hydrogens (tertiary/aromatic N) is 2. The van der Waals surface area contributed by atoms with Crippen molar-refractivity contribution in [1.82, 2.24) is 9.88 Å². The number of benzene rings is 1. The minimum absolute atomic E-state index is 0.751. The van der Waals surface area contributed by atoms with E-state index >= 15 is 0 Å². The number of para-hydroxylation sites is 1. The Balaban J connectivity index is 1.47. The zero-order valence-corrected chi connectivity index (χ0v) is 15.3. The van der Waals surface area contributed by atoms with Crippen molar-refractivity contribution in [3.63, 3.8) is 0 Å². The van der Waals surface area contributed by atoms with Gasteiger partial charge in [-0.2, -0.15) is 0 Å². The van der Waals surface area contributed by atoms with E-state index in [0.717, 1.165) is 43.6 Å². The first kappa shape index (κ1) is 17.7. The molecule has 1 aliphatic rings. The molecule has 0 N–H and O–H groups in total. The van der Waals surface area contributed by atoms with Crippen LogP contribution in [0.5, 0.6) is 11.6 Å². The number of methoxy groups -OCH3 is 2. The number of piperidine rings is 1. The highest BCUT2D eigenvalue weighted by Gasteiger charge is 2.20. The van der Waals surface area contributed by atoms with Gasteiger partial charge in [0.1, 0.15) is 5.75 Å². The molecule has 0 saturated carbocycles. The molecule has 3 rings (SSSR count). The van der Waals surface area contributed by atoms with Gasteiger partial charge in [-0.3, -0.25) is 4.90 Å². The highest BCUT2D eigenvalue weighted by atomic mass is 16.5. The van der Waals surface area contributed by atoms with Crippen LogP contribution in [0.1, 0.15) is 30.4 Å². The maximum atomic E-state index is 5.46. The fraction of sp³-hybridized carbons (Fsp3) is 0.476. The molecule has 1 aromatic carbocycles. The summed E-state index contributed by atoms with van der Waals surface area (Å²) in [6.07, 6.45) is 6.65. The molecule has 2 aromatic rings. The van der Waals surface area contributed by atoms with Crippen LogP contribution in [-0.4, -0.2) is 37.2 Å². The lowest BCUT2D eigenvalue weighted by molar-refractivity contribution is 0.170. The van der Waals surface area contributed by atoms with Gasteiger partial charge in [-0.1, -0.05) is 24.3 Å². The normalized spacial score (nSPS) is 15.9. The molecule has 4 heteroatoms. The van der Waals surface area contributed by atoms with Crippen LogP contribution in [-0.2, 0) is 13.0 Å². The molecule has 0 radical (unpaired) electrons. The molecule has 2 heterocycles. The van der Waals surface area contributed by atoms with Crippen LogP contribution in [0.2, 0.25) is 0 Å². The third-order valence-corrected chi connectivity index (χ3v) is 5.16. The number of hydrogen-bond acceptors (Lipinski definition) is 4. The monoisotopic (exact) mass is 340 g/mol. The maximum absolute atomic E-state index is 5.46. The summed E-state index contributed by atoms with van der Waals surface area (Å²) in [5.74, 6) is 2.57. The van der Waals surface area contributed by atoms with Crippen LogP contribution in [0.25, 0.3) is 0 Å². The Morgan fingerprint density at radius 1 is 1.00 bits per heavy atom. The quantitative estimate of drug-likeness (QED) is 0.764. The third kappa shape index (κ3) is 4.73. The lowest BCUT2D eigenvalue weighted by atomic mass is 9.90. The predicted molar refractivity (Wildman–Crippen MR) is 100 cm³/mol. The molecule has 0 unspecified atom stereocenters. The van der Waals surface area contributed by atoms with Crippen LogP contribution >= 0.6 is 0 Å². The molecule has 4 nitrogen and oxygen atoms in total. The second kappa shape index (κ2) is 8.86. The number of pyridine rings is 1. The Morgan fingerprint density at radius 3 is 2.52 bits per heavy atom. The summed E-state index contributed by atoms with van der Waals surface area (Å²) in [4.78, 5) is 6.81. The number of ether oxygens (including phenoxy) is 2. The second-order valence-electron chi connectivity index (χ2n) is 6.74. The van der Waals surface area contributed by atoms with Crippen molar-refractivity contribution in [1.29, 1.82) is 0 Å². The van der Waals surface area contributed by atoms with Gasteiger partial charge in [0, 0.05) is 18.3 Å². The van der Waals surface area contributed by atoms with Crippen molar-refractivity contribution in [2.45, 2.75) is 32.2 Å². The van der Waals surface area contributed by atoms with Crippen molar-refractivity contribution in [3.05, 3.63) is 53.7 Å². The van der Waals surface area contributed by atoms with E-state index in [1.165, 1.54) is 30.4 Å². The molecule has 0 bridgehead atoms. The molecule has 0 amide bonds. The summed E-state index contributed by atoms with van der Waals surface area (Å²) in [7, 11) is 3.44. The van der Waals surface area contributed by atoms with E-state index in [-0.39, 0.29) is 0 Å². The zero-order chi connectivity index (χ0) is 17.5. The van der Waals surface area contributed by atoms with E-state index in [9.17, 15) is 0 Å². The molecular formula is C21H28N2O2. The number of hydrogen-bond donors (Lipinski definition) is 0. The van der Waals surface area contributed by atoms with Crippen LogP contribution in [0, 0.1) is 5.92 Å². The molecule has 0 spiro atoms. The van der Waals surface area contributed by atoms with E-state index in [4.69, 9.17) is 9.47 Å². The van der Waals surface area contributed by atoms with Gasteiger partial charge in [-0.15, -0.1) is 0 Å². The number of likely N-dealkylation sites (tertiary alicyclic amines) is 1. The molecule has 134 valence electrons. The number of rotatable bonds is 7. The first-order valence-electron chi connectivity index (χ1n) is 9.12. The minimum Gasteiger partial charge on any atom is -0.496 e. The summed E-state index contributed by atoms with van der Waals surface area (Å²) in [6, 6.07) is 12.5. The molecular weight excluding hydrogens is 312 g/mol. The van der Waals surface area contributed by atoms with E-state index in [1.807, 2.05) is 12.1 Å². The lowest BCUT2D eigenvalue weighted by Crippen LogP contribution is -2.33. The lowest BCUT2D eigenvalue weighted by Gasteiger charge is -2.32. The van der Waals surface area contributed by atoms with Gasteiger partial charge in [0.15, 0.2) is 0 Å². The van der Waals surface area contributed by atoms with E-state index in [2.05, 4.69) is 34.1 Å². The summed E-state index contributed by atoms with van der Waals surface area (Å²) < 4.78 is 10.8. The molecule has 0 atom stereocenters. The molecule has 1 aromatic heterocycles. The van der Waals surface area contributed by atoms with Gasteiger partial charge < -0.3 is 9.47 Å². The first-order chi connectivity index (χ1) is 12.3.